The number of nitrogens with zero attached hydrogens (tertiary/aromatic N) is 3. The fourth-order valence-electron chi connectivity index (χ4n) is 1.70. The summed E-state index contributed by atoms with van der Waals surface area (Å²) in [7, 11) is 1.89. The molecule has 5 nitrogen and oxygen atoms in total. The van der Waals surface area contributed by atoms with Crippen molar-refractivity contribution in [3.63, 3.8) is 0 Å². The first-order chi connectivity index (χ1) is 7.34. The van der Waals surface area contributed by atoms with E-state index in [0.29, 0.717) is 0 Å². The molecule has 0 aromatic carbocycles. The largest absolute Gasteiger partial charge is 0.489 e. The molecule has 2 rings (SSSR count). The maximum Gasteiger partial charge on any atom is 0.157 e. The van der Waals surface area contributed by atoms with E-state index in [1.807, 2.05) is 13.2 Å². The second-order valence-corrected chi connectivity index (χ2v) is 3.79. The van der Waals surface area contributed by atoms with Crippen LogP contribution in [0.4, 0.5) is 0 Å². The third-order valence-corrected chi connectivity index (χ3v) is 2.57. The van der Waals surface area contributed by atoms with Crippen molar-refractivity contribution in [2.75, 3.05) is 39.3 Å². The Labute approximate surface area is 90.0 Å². The van der Waals surface area contributed by atoms with Crippen LogP contribution < -0.4 is 10.1 Å². The zero-order valence-electron chi connectivity index (χ0n) is 9.15. The van der Waals surface area contributed by atoms with Crippen LogP contribution in [0.25, 0.3) is 0 Å². The number of ether oxygens (including phenoxy) is 1. The monoisotopic (exact) mass is 210 g/mol. The number of rotatable bonds is 4. The maximum absolute atomic E-state index is 5.58. The number of piperazine rings is 1. The summed E-state index contributed by atoms with van der Waals surface area (Å²) in [6, 6.07) is 0. The lowest BCUT2D eigenvalue weighted by Gasteiger charge is -2.26. The lowest BCUT2D eigenvalue weighted by Crippen LogP contribution is -2.44. The molecule has 0 atom stereocenters. The van der Waals surface area contributed by atoms with Gasteiger partial charge in [-0.05, 0) is 0 Å². The Morgan fingerprint density at radius 3 is 2.93 bits per heavy atom. The Kier molecular flexibility index (Phi) is 3.58. The van der Waals surface area contributed by atoms with Crippen molar-refractivity contribution < 1.29 is 4.74 Å². The molecule has 1 saturated heterocycles. The first-order valence-corrected chi connectivity index (χ1v) is 5.39. The summed E-state index contributed by atoms with van der Waals surface area (Å²) in [4.78, 5) is 2.41. The highest BCUT2D eigenvalue weighted by Crippen LogP contribution is 2.06. The molecular formula is C10H18N4O. The van der Waals surface area contributed by atoms with E-state index in [1.54, 1.807) is 10.9 Å². The normalized spacial score (nSPS) is 17.9. The summed E-state index contributed by atoms with van der Waals surface area (Å²) < 4.78 is 7.33. The zero-order valence-corrected chi connectivity index (χ0v) is 9.15. The minimum absolute atomic E-state index is 0.742. The van der Waals surface area contributed by atoms with Crippen LogP contribution in [0.2, 0.25) is 0 Å². The van der Waals surface area contributed by atoms with Gasteiger partial charge in [0.25, 0.3) is 0 Å². The van der Waals surface area contributed by atoms with Gasteiger partial charge in [0.1, 0.15) is 6.61 Å². The summed E-state index contributed by atoms with van der Waals surface area (Å²) in [6.07, 6.45) is 3.63. The number of hydrogen-bond acceptors (Lipinski definition) is 4. The molecule has 2 heterocycles. The van der Waals surface area contributed by atoms with Crippen molar-refractivity contribution >= 4 is 0 Å². The molecule has 0 aliphatic carbocycles. The Morgan fingerprint density at radius 2 is 2.27 bits per heavy atom. The van der Waals surface area contributed by atoms with Crippen LogP contribution in [0.1, 0.15) is 0 Å². The number of aryl methyl sites for hydroxylation is 1. The molecule has 0 spiro atoms. The lowest BCUT2D eigenvalue weighted by molar-refractivity contribution is 0.191. The molecule has 0 bridgehead atoms. The van der Waals surface area contributed by atoms with E-state index in [2.05, 4.69) is 15.3 Å². The minimum atomic E-state index is 0.742. The van der Waals surface area contributed by atoms with Crippen LogP contribution in [-0.2, 0) is 7.05 Å². The lowest BCUT2D eigenvalue weighted by atomic mass is 10.4. The first-order valence-electron chi connectivity index (χ1n) is 5.39. The van der Waals surface area contributed by atoms with Crippen molar-refractivity contribution in [1.82, 2.24) is 20.0 Å². The third kappa shape index (κ3) is 3.21. The molecule has 84 valence electrons. The van der Waals surface area contributed by atoms with Gasteiger partial charge in [-0.25, -0.2) is 0 Å². The fourth-order valence-corrected chi connectivity index (χ4v) is 1.70. The van der Waals surface area contributed by atoms with E-state index in [9.17, 15) is 0 Å². The highest BCUT2D eigenvalue weighted by atomic mass is 16.5. The second-order valence-electron chi connectivity index (χ2n) is 3.79. The third-order valence-electron chi connectivity index (χ3n) is 2.57. The van der Waals surface area contributed by atoms with Gasteiger partial charge in [-0.1, -0.05) is 0 Å². The van der Waals surface area contributed by atoms with Gasteiger partial charge in [0.05, 0.1) is 12.4 Å². The predicted molar refractivity (Wildman–Crippen MR) is 58.0 cm³/mol. The molecule has 5 heteroatoms. The summed E-state index contributed by atoms with van der Waals surface area (Å²) in [5, 5.41) is 7.38. The minimum Gasteiger partial charge on any atom is -0.489 e. The van der Waals surface area contributed by atoms with Gasteiger partial charge in [0.2, 0.25) is 0 Å². The maximum atomic E-state index is 5.58. The summed E-state index contributed by atoms with van der Waals surface area (Å²) >= 11 is 0. The van der Waals surface area contributed by atoms with Crippen molar-refractivity contribution in [3.8, 4) is 5.75 Å². The Morgan fingerprint density at radius 1 is 1.47 bits per heavy atom. The molecule has 1 aromatic heterocycles. The van der Waals surface area contributed by atoms with Gasteiger partial charge in [0.15, 0.2) is 5.75 Å². The van der Waals surface area contributed by atoms with Crippen molar-refractivity contribution in [1.29, 1.82) is 0 Å². The molecule has 1 aliphatic heterocycles. The molecule has 0 amide bonds. The molecule has 1 aliphatic rings. The molecule has 1 aromatic rings. The molecule has 0 saturated carbocycles. The summed E-state index contributed by atoms with van der Waals surface area (Å²) in [5.74, 6) is 0.854. The molecule has 0 radical (unpaired) electrons. The molecular weight excluding hydrogens is 192 g/mol. The van der Waals surface area contributed by atoms with Gasteiger partial charge in [-0.2, -0.15) is 5.10 Å². The Hall–Kier alpha value is -1.07. The van der Waals surface area contributed by atoms with Crippen LogP contribution >= 0.6 is 0 Å². The SMILES string of the molecule is Cn1cc(OCCN2CCNCC2)cn1. The van der Waals surface area contributed by atoms with Crippen LogP contribution in [-0.4, -0.2) is 54.0 Å². The van der Waals surface area contributed by atoms with E-state index in [1.165, 1.54) is 0 Å². The molecule has 0 unspecified atom stereocenters. The molecule has 15 heavy (non-hydrogen) atoms. The average molecular weight is 210 g/mol. The van der Waals surface area contributed by atoms with Crippen molar-refractivity contribution in [3.05, 3.63) is 12.4 Å². The zero-order chi connectivity index (χ0) is 10.5. The Balaban J connectivity index is 1.65. The smallest absolute Gasteiger partial charge is 0.157 e. The van der Waals surface area contributed by atoms with Gasteiger partial charge < -0.3 is 10.1 Å². The van der Waals surface area contributed by atoms with E-state index in [-0.39, 0.29) is 0 Å². The van der Waals surface area contributed by atoms with Crippen molar-refractivity contribution in [2.45, 2.75) is 0 Å². The fraction of sp³-hybridized carbons (Fsp3) is 0.700. The topological polar surface area (TPSA) is 42.3 Å². The van der Waals surface area contributed by atoms with Gasteiger partial charge >= 0.3 is 0 Å². The second kappa shape index (κ2) is 5.14. The van der Waals surface area contributed by atoms with Crippen molar-refractivity contribution in [2.24, 2.45) is 7.05 Å². The molecule has 1 N–H and O–H groups in total. The van der Waals surface area contributed by atoms with Crippen LogP contribution in [0.5, 0.6) is 5.75 Å². The van der Waals surface area contributed by atoms with Crippen LogP contribution in [0, 0.1) is 0 Å². The molecule has 1 fully saturated rings. The van der Waals surface area contributed by atoms with E-state index in [4.69, 9.17) is 4.74 Å². The van der Waals surface area contributed by atoms with E-state index in [0.717, 1.165) is 45.1 Å². The average Bonchev–Trinajstić information content (AvgIpc) is 2.66. The summed E-state index contributed by atoms with van der Waals surface area (Å²) in [5.41, 5.74) is 0. The highest BCUT2D eigenvalue weighted by Gasteiger charge is 2.08. The van der Waals surface area contributed by atoms with Gasteiger partial charge in [0, 0.05) is 39.8 Å². The van der Waals surface area contributed by atoms with Gasteiger partial charge in [-0.3, -0.25) is 9.58 Å². The van der Waals surface area contributed by atoms with Gasteiger partial charge in [-0.15, -0.1) is 0 Å². The first kappa shape index (κ1) is 10.4. The number of nitrogens with one attached hydrogen (secondary N) is 1. The highest BCUT2D eigenvalue weighted by molar-refractivity contribution is 5.11. The Bertz CT molecular complexity index is 293. The van der Waals surface area contributed by atoms with Crippen LogP contribution in [0.3, 0.4) is 0 Å². The van der Waals surface area contributed by atoms with Crippen LogP contribution in [0.15, 0.2) is 12.4 Å². The predicted octanol–water partition coefficient (Wildman–Crippen LogP) is -0.296. The van der Waals surface area contributed by atoms with E-state index < -0.39 is 0 Å². The number of aromatic nitrogens is 2. The standard InChI is InChI=1S/C10H18N4O/c1-13-9-10(8-12-13)15-7-6-14-4-2-11-3-5-14/h8-9,11H,2-7H2,1H3. The quantitative estimate of drug-likeness (QED) is 0.741. The number of hydrogen-bond donors (Lipinski definition) is 1. The summed E-state index contributed by atoms with van der Waals surface area (Å²) in [6.45, 7) is 6.16. The van der Waals surface area contributed by atoms with E-state index >= 15 is 0 Å².